The van der Waals surface area contributed by atoms with Crippen LogP contribution in [-0.4, -0.2) is 31.7 Å². The first-order valence-corrected chi connectivity index (χ1v) is 8.61. The lowest BCUT2D eigenvalue weighted by Gasteiger charge is -2.09. The first kappa shape index (κ1) is 20.0. The van der Waals surface area contributed by atoms with E-state index < -0.39 is 11.8 Å². The lowest BCUT2D eigenvalue weighted by molar-refractivity contribution is -0.136. The smallest absolute Gasteiger partial charge is 0.329 e. The van der Waals surface area contributed by atoms with Gasteiger partial charge in [-0.3, -0.25) is 9.59 Å². The van der Waals surface area contributed by atoms with Gasteiger partial charge in [0.05, 0.1) is 19.9 Å². The molecule has 0 saturated heterocycles. The first-order valence-electron chi connectivity index (χ1n) is 8.61. The molecule has 2 aromatic rings. The van der Waals surface area contributed by atoms with Crippen LogP contribution in [-0.2, 0) is 16.0 Å². The van der Waals surface area contributed by atoms with E-state index in [1.807, 2.05) is 26.0 Å². The van der Waals surface area contributed by atoms with Gasteiger partial charge in [-0.05, 0) is 54.8 Å². The van der Waals surface area contributed by atoms with Gasteiger partial charge in [-0.25, -0.2) is 5.43 Å². The van der Waals surface area contributed by atoms with Crippen molar-refractivity contribution in [3.63, 3.8) is 0 Å². The summed E-state index contributed by atoms with van der Waals surface area (Å²) in [6.45, 7) is 4.45. The van der Waals surface area contributed by atoms with Gasteiger partial charge in [0.15, 0.2) is 11.5 Å². The number of ether oxygens (including phenoxy) is 2. The average molecular weight is 369 g/mol. The number of carbonyl (C=O) groups is 2. The fourth-order valence-corrected chi connectivity index (χ4v) is 2.27. The van der Waals surface area contributed by atoms with Gasteiger partial charge in [0.25, 0.3) is 0 Å². The Labute approximate surface area is 158 Å². The standard InChI is InChI=1S/C20H23N3O4/c1-4-14-6-9-16(10-7-14)22-19(24)20(25)23-21-13-15-8-11-17(27-5-2)18(12-15)26-3/h6-13H,4-5H2,1-3H3,(H,22,24)(H,23,25)/b21-13-. The van der Waals surface area contributed by atoms with Crippen LogP contribution in [0.2, 0.25) is 0 Å². The molecule has 7 heteroatoms. The molecule has 0 saturated carbocycles. The molecule has 0 aliphatic heterocycles. The van der Waals surface area contributed by atoms with Gasteiger partial charge in [0, 0.05) is 5.69 Å². The zero-order chi connectivity index (χ0) is 19.6. The number of methoxy groups -OCH3 is 1. The Bertz CT molecular complexity index is 816. The van der Waals surface area contributed by atoms with Crippen LogP contribution in [0.5, 0.6) is 11.5 Å². The van der Waals surface area contributed by atoms with E-state index in [4.69, 9.17) is 9.47 Å². The molecule has 0 heterocycles. The second-order valence-corrected chi connectivity index (χ2v) is 5.55. The zero-order valence-electron chi connectivity index (χ0n) is 15.6. The fourth-order valence-electron chi connectivity index (χ4n) is 2.27. The summed E-state index contributed by atoms with van der Waals surface area (Å²) >= 11 is 0. The molecular weight excluding hydrogens is 346 g/mol. The van der Waals surface area contributed by atoms with E-state index in [0.29, 0.717) is 29.4 Å². The Hall–Kier alpha value is -3.35. The molecule has 0 spiro atoms. The van der Waals surface area contributed by atoms with Gasteiger partial charge < -0.3 is 14.8 Å². The predicted octanol–water partition coefficient (Wildman–Crippen LogP) is 2.75. The molecule has 2 rings (SSSR count). The molecule has 0 aliphatic carbocycles. The molecule has 0 aliphatic rings. The Morgan fingerprint density at radius 3 is 2.41 bits per heavy atom. The Morgan fingerprint density at radius 1 is 1.04 bits per heavy atom. The summed E-state index contributed by atoms with van der Waals surface area (Å²) in [4.78, 5) is 23.7. The van der Waals surface area contributed by atoms with Crippen molar-refractivity contribution < 1.29 is 19.1 Å². The first-order chi connectivity index (χ1) is 13.1. The highest BCUT2D eigenvalue weighted by Crippen LogP contribution is 2.27. The van der Waals surface area contributed by atoms with Crippen LogP contribution in [0.3, 0.4) is 0 Å². The number of carbonyl (C=O) groups excluding carboxylic acids is 2. The second-order valence-electron chi connectivity index (χ2n) is 5.55. The quantitative estimate of drug-likeness (QED) is 0.446. The highest BCUT2D eigenvalue weighted by molar-refractivity contribution is 6.39. The van der Waals surface area contributed by atoms with Crippen molar-refractivity contribution in [2.75, 3.05) is 19.0 Å². The molecule has 0 bridgehead atoms. The maximum atomic E-state index is 11.9. The molecule has 0 unspecified atom stereocenters. The largest absolute Gasteiger partial charge is 0.493 e. The van der Waals surface area contributed by atoms with Crippen LogP contribution >= 0.6 is 0 Å². The van der Waals surface area contributed by atoms with Gasteiger partial charge >= 0.3 is 11.8 Å². The zero-order valence-corrected chi connectivity index (χ0v) is 15.6. The number of nitrogens with one attached hydrogen (secondary N) is 2. The maximum absolute atomic E-state index is 11.9. The van der Waals surface area contributed by atoms with Crippen LogP contribution in [0.4, 0.5) is 5.69 Å². The summed E-state index contributed by atoms with van der Waals surface area (Å²) in [5.41, 5.74) is 4.58. The normalized spacial score (nSPS) is 10.5. The molecule has 2 aromatic carbocycles. The van der Waals surface area contributed by atoms with Crippen LogP contribution in [0, 0.1) is 0 Å². The molecule has 0 radical (unpaired) electrons. The average Bonchev–Trinajstić information content (AvgIpc) is 2.69. The number of aryl methyl sites for hydroxylation is 1. The van der Waals surface area contributed by atoms with E-state index >= 15 is 0 Å². The molecule has 0 aromatic heterocycles. The lowest BCUT2D eigenvalue weighted by Crippen LogP contribution is -2.32. The van der Waals surface area contributed by atoms with Crippen molar-refractivity contribution in [2.45, 2.75) is 20.3 Å². The molecule has 7 nitrogen and oxygen atoms in total. The minimum atomic E-state index is -0.858. The molecule has 2 N–H and O–H groups in total. The molecule has 0 fully saturated rings. The minimum Gasteiger partial charge on any atom is -0.493 e. The van der Waals surface area contributed by atoms with Crippen LogP contribution in [0.1, 0.15) is 25.0 Å². The monoisotopic (exact) mass is 369 g/mol. The van der Waals surface area contributed by atoms with Crippen molar-refractivity contribution in [1.29, 1.82) is 0 Å². The van der Waals surface area contributed by atoms with Crippen LogP contribution in [0.25, 0.3) is 0 Å². The fraction of sp³-hybridized carbons (Fsp3) is 0.250. The highest BCUT2D eigenvalue weighted by atomic mass is 16.5. The highest BCUT2D eigenvalue weighted by Gasteiger charge is 2.12. The van der Waals surface area contributed by atoms with E-state index in [0.717, 1.165) is 12.0 Å². The van der Waals surface area contributed by atoms with Crippen molar-refractivity contribution >= 4 is 23.7 Å². The van der Waals surface area contributed by atoms with Gasteiger partial charge in [0.1, 0.15) is 0 Å². The number of anilines is 1. The molecular formula is C20H23N3O4. The summed E-state index contributed by atoms with van der Waals surface area (Å²) in [6, 6.07) is 12.5. The number of nitrogens with zero attached hydrogens (tertiary/aromatic N) is 1. The van der Waals surface area contributed by atoms with Crippen molar-refractivity contribution in [1.82, 2.24) is 5.43 Å². The van der Waals surface area contributed by atoms with E-state index in [1.165, 1.54) is 13.3 Å². The second kappa shape index (κ2) is 9.96. The van der Waals surface area contributed by atoms with Crippen molar-refractivity contribution in [3.05, 3.63) is 53.6 Å². The SMILES string of the molecule is CCOc1ccc(/C=N\NC(=O)C(=O)Nc2ccc(CC)cc2)cc1OC. The number of hydrazone groups is 1. The number of amides is 2. The minimum absolute atomic E-state index is 0.524. The summed E-state index contributed by atoms with van der Waals surface area (Å²) in [5, 5.41) is 6.32. The predicted molar refractivity (Wildman–Crippen MR) is 104 cm³/mol. The summed E-state index contributed by atoms with van der Waals surface area (Å²) in [5.74, 6) is -0.473. The summed E-state index contributed by atoms with van der Waals surface area (Å²) in [7, 11) is 1.54. The molecule has 27 heavy (non-hydrogen) atoms. The Kier molecular flexibility index (Phi) is 7.37. The third-order valence-corrected chi connectivity index (χ3v) is 3.69. The maximum Gasteiger partial charge on any atom is 0.329 e. The van der Waals surface area contributed by atoms with Crippen LogP contribution in [0.15, 0.2) is 47.6 Å². The number of rotatable bonds is 7. The van der Waals surface area contributed by atoms with E-state index in [-0.39, 0.29) is 0 Å². The van der Waals surface area contributed by atoms with Gasteiger partial charge in [-0.15, -0.1) is 0 Å². The summed E-state index contributed by atoms with van der Waals surface area (Å²) in [6.07, 6.45) is 2.32. The third-order valence-electron chi connectivity index (χ3n) is 3.69. The van der Waals surface area contributed by atoms with Gasteiger partial charge in [-0.1, -0.05) is 19.1 Å². The van der Waals surface area contributed by atoms with E-state index in [1.54, 1.807) is 30.3 Å². The van der Waals surface area contributed by atoms with E-state index in [9.17, 15) is 9.59 Å². The number of benzene rings is 2. The molecule has 2 amide bonds. The Morgan fingerprint density at radius 2 is 1.78 bits per heavy atom. The van der Waals surface area contributed by atoms with Gasteiger partial charge in [-0.2, -0.15) is 5.10 Å². The van der Waals surface area contributed by atoms with E-state index in [2.05, 4.69) is 15.8 Å². The summed E-state index contributed by atoms with van der Waals surface area (Å²) < 4.78 is 10.7. The Balaban J connectivity index is 1.92. The molecule has 0 atom stereocenters. The van der Waals surface area contributed by atoms with Gasteiger partial charge in [0.2, 0.25) is 0 Å². The van der Waals surface area contributed by atoms with Crippen LogP contribution < -0.4 is 20.2 Å². The number of hydrogen-bond acceptors (Lipinski definition) is 5. The lowest BCUT2D eigenvalue weighted by atomic mass is 10.1. The van der Waals surface area contributed by atoms with Crippen molar-refractivity contribution in [3.8, 4) is 11.5 Å². The topological polar surface area (TPSA) is 89.0 Å². The molecule has 142 valence electrons. The number of hydrogen-bond donors (Lipinski definition) is 2. The third kappa shape index (κ3) is 5.85. The van der Waals surface area contributed by atoms with Crippen molar-refractivity contribution in [2.24, 2.45) is 5.10 Å².